The molecule has 1 aromatic carbocycles. The van der Waals surface area contributed by atoms with Gasteiger partial charge in [0.1, 0.15) is 0 Å². The average molecular weight is 245 g/mol. The number of nitrogens with one attached hydrogen (secondary N) is 1. The molecule has 0 aliphatic heterocycles. The number of hydrogen-bond acceptors (Lipinski definition) is 1. The molecule has 1 nitrogen and oxygen atoms in total. The van der Waals surface area contributed by atoms with E-state index in [-0.39, 0.29) is 5.41 Å². The molecule has 0 fully saturated rings. The molecule has 1 atom stereocenters. The highest BCUT2D eigenvalue weighted by atomic mass is 14.9. The van der Waals surface area contributed by atoms with Gasteiger partial charge < -0.3 is 5.32 Å². The second-order valence-corrected chi connectivity index (χ2v) is 5.76. The lowest BCUT2D eigenvalue weighted by atomic mass is 9.75. The zero-order valence-corrected chi connectivity index (χ0v) is 12.3. The van der Waals surface area contributed by atoms with E-state index in [1.165, 1.54) is 11.1 Å². The van der Waals surface area contributed by atoms with Crippen LogP contribution in [0.25, 0.3) is 0 Å². The van der Waals surface area contributed by atoms with E-state index in [0.717, 1.165) is 19.4 Å². The molecule has 100 valence electrons. The largest absolute Gasteiger partial charge is 0.313 e. The maximum atomic E-state index is 4.07. The van der Waals surface area contributed by atoms with Crippen LogP contribution in [-0.2, 0) is 5.41 Å². The number of rotatable bonds is 7. The van der Waals surface area contributed by atoms with Crippen molar-refractivity contribution < 1.29 is 0 Å². The van der Waals surface area contributed by atoms with Gasteiger partial charge in [-0.25, -0.2) is 0 Å². The summed E-state index contributed by atoms with van der Waals surface area (Å²) in [5.74, 6) is 0. The first-order chi connectivity index (χ1) is 8.48. The Labute approximate surface area is 112 Å². The van der Waals surface area contributed by atoms with Gasteiger partial charge in [-0.3, -0.25) is 0 Å². The predicted molar refractivity (Wildman–Crippen MR) is 81.0 cm³/mol. The highest BCUT2D eigenvalue weighted by Crippen LogP contribution is 2.30. The third-order valence-corrected chi connectivity index (χ3v) is 3.58. The van der Waals surface area contributed by atoms with Gasteiger partial charge in [-0.1, -0.05) is 56.7 Å². The van der Waals surface area contributed by atoms with Crippen LogP contribution >= 0.6 is 0 Å². The highest BCUT2D eigenvalue weighted by molar-refractivity contribution is 5.26. The SMILES string of the molecule is C=C(C)CC(NCCC)C(C)(C)c1ccccc1. The Morgan fingerprint density at radius 3 is 2.39 bits per heavy atom. The van der Waals surface area contributed by atoms with Crippen LogP contribution in [0, 0.1) is 0 Å². The first-order valence-electron chi connectivity index (χ1n) is 6.91. The van der Waals surface area contributed by atoms with Crippen molar-refractivity contribution in [3.05, 3.63) is 48.0 Å². The molecule has 0 saturated carbocycles. The van der Waals surface area contributed by atoms with Crippen LogP contribution in [0.15, 0.2) is 42.5 Å². The average Bonchev–Trinajstić information content (AvgIpc) is 2.35. The van der Waals surface area contributed by atoms with E-state index in [4.69, 9.17) is 0 Å². The van der Waals surface area contributed by atoms with Crippen LogP contribution in [0.4, 0.5) is 0 Å². The molecule has 0 radical (unpaired) electrons. The summed E-state index contributed by atoms with van der Waals surface area (Å²) in [5.41, 5.74) is 2.75. The van der Waals surface area contributed by atoms with Crippen molar-refractivity contribution in [1.29, 1.82) is 0 Å². The smallest absolute Gasteiger partial charge is 0.0196 e. The summed E-state index contributed by atoms with van der Waals surface area (Å²) in [6.07, 6.45) is 2.19. The molecule has 1 aromatic rings. The second-order valence-electron chi connectivity index (χ2n) is 5.76. The van der Waals surface area contributed by atoms with Crippen LogP contribution in [0.2, 0.25) is 0 Å². The molecule has 0 aromatic heterocycles. The van der Waals surface area contributed by atoms with Crippen molar-refractivity contribution in [3.8, 4) is 0 Å². The van der Waals surface area contributed by atoms with Gasteiger partial charge in [-0.2, -0.15) is 0 Å². The van der Waals surface area contributed by atoms with Crippen LogP contribution in [0.5, 0.6) is 0 Å². The lowest BCUT2D eigenvalue weighted by Crippen LogP contribution is -2.45. The van der Waals surface area contributed by atoms with Gasteiger partial charge in [0.15, 0.2) is 0 Å². The summed E-state index contributed by atoms with van der Waals surface area (Å²) in [5, 5.41) is 3.68. The fraction of sp³-hybridized carbons (Fsp3) is 0.529. The Kier molecular flexibility index (Phi) is 5.61. The first-order valence-corrected chi connectivity index (χ1v) is 6.91. The molecule has 0 bridgehead atoms. The molecule has 0 amide bonds. The molecule has 0 saturated heterocycles. The molecular formula is C17H27N. The molecule has 1 unspecified atom stereocenters. The van der Waals surface area contributed by atoms with Crippen LogP contribution in [0.3, 0.4) is 0 Å². The topological polar surface area (TPSA) is 12.0 Å². The molecule has 1 rings (SSSR count). The molecule has 0 heterocycles. The summed E-state index contributed by atoms with van der Waals surface area (Å²) in [6, 6.07) is 11.2. The molecule has 18 heavy (non-hydrogen) atoms. The zero-order chi connectivity index (χ0) is 13.6. The van der Waals surface area contributed by atoms with Gasteiger partial charge in [0.25, 0.3) is 0 Å². The Bertz CT molecular complexity index is 364. The van der Waals surface area contributed by atoms with Gasteiger partial charge in [-0.15, -0.1) is 6.58 Å². The van der Waals surface area contributed by atoms with E-state index in [9.17, 15) is 0 Å². The fourth-order valence-electron chi connectivity index (χ4n) is 2.32. The Hall–Kier alpha value is -1.08. The van der Waals surface area contributed by atoms with E-state index >= 15 is 0 Å². The lowest BCUT2D eigenvalue weighted by molar-refractivity contribution is 0.337. The van der Waals surface area contributed by atoms with Crippen LogP contribution in [-0.4, -0.2) is 12.6 Å². The standard InChI is InChI=1S/C17H27N/c1-6-12-18-16(13-14(2)3)17(4,5)15-10-8-7-9-11-15/h7-11,16,18H,2,6,12-13H2,1,3-5H3. The van der Waals surface area contributed by atoms with Gasteiger partial charge >= 0.3 is 0 Å². The summed E-state index contributed by atoms with van der Waals surface area (Å²) in [4.78, 5) is 0. The second kappa shape index (κ2) is 6.75. The number of hydrogen-bond donors (Lipinski definition) is 1. The molecular weight excluding hydrogens is 218 g/mol. The van der Waals surface area contributed by atoms with E-state index in [2.05, 4.69) is 69.9 Å². The third kappa shape index (κ3) is 3.99. The van der Waals surface area contributed by atoms with Crippen molar-refractivity contribution in [2.75, 3.05) is 6.54 Å². The van der Waals surface area contributed by atoms with Gasteiger partial charge in [0.2, 0.25) is 0 Å². The van der Waals surface area contributed by atoms with Crippen molar-refractivity contribution >= 4 is 0 Å². The van der Waals surface area contributed by atoms with Gasteiger partial charge in [0, 0.05) is 11.5 Å². The Balaban J connectivity index is 2.91. The van der Waals surface area contributed by atoms with Crippen molar-refractivity contribution in [2.45, 2.75) is 52.0 Å². The van der Waals surface area contributed by atoms with Crippen molar-refractivity contribution in [2.24, 2.45) is 0 Å². The van der Waals surface area contributed by atoms with Crippen molar-refractivity contribution in [1.82, 2.24) is 5.32 Å². The highest BCUT2D eigenvalue weighted by Gasteiger charge is 2.30. The van der Waals surface area contributed by atoms with E-state index in [1.807, 2.05) is 0 Å². The quantitative estimate of drug-likeness (QED) is 0.706. The summed E-state index contributed by atoms with van der Waals surface area (Å²) < 4.78 is 0. The van der Waals surface area contributed by atoms with Gasteiger partial charge in [-0.05, 0) is 31.9 Å². The van der Waals surface area contributed by atoms with Crippen LogP contribution < -0.4 is 5.32 Å². The third-order valence-electron chi connectivity index (χ3n) is 3.58. The predicted octanol–water partition coefficient (Wildman–Crippen LogP) is 4.30. The van der Waals surface area contributed by atoms with Gasteiger partial charge in [0.05, 0.1) is 0 Å². The minimum Gasteiger partial charge on any atom is -0.313 e. The normalized spacial score (nSPS) is 13.3. The fourth-order valence-corrected chi connectivity index (χ4v) is 2.32. The number of benzene rings is 1. The monoisotopic (exact) mass is 245 g/mol. The van der Waals surface area contributed by atoms with E-state index < -0.39 is 0 Å². The van der Waals surface area contributed by atoms with E-state index in [1.54, 1.807) is 0 Å². The summed E-state index contributed by atoms with van der Waals surface area (Å²) in [7, 11) is 0. The lowest BCUT2D eigenvalue weighted by Gasteiger charge is -2.36. The van der Waals surface area contributed by atoms with Crippen LogP contribution in [0.1, 0.15) is 46.1 Å². The Morgan fingerprint density at radius 2 is 1.89 bits per heavy atom. The molecule has 1 N–H and O–H groups in total. The molecule has 0 aliphatic carbocycles. The summed E-state index contributed by atoms with van der Waals surface area (Å²) >= 11 is 0. The maximum absolute atomic E-state index is 4.07. The molecule has 0 spiro atoms. The minimum atomic E-state index is 0.120. The van der Waals surface area contributed by atoms with E-state index in [0.29, 0.717) is 6.04 Å². The molecule has 0 aliphatic rings. The molecule has 1 heteroatoms. The van der Waals surface area contributed by atoms with Crippen molar-refractivity contribution in [3.63, 3.8) is 0 Å². The maximum Gasteiger partial charge on any atom is 0.0196 e. The zero-order valence-electron chi connectivity index (χ0n) is 12.3. The summed E-state index contributed by atoms with van der Waals surface area (Å²) in [6.45, 7) is 14.1. The minimum absolute atomic E-state index is 0.120. The Morgan fingerprint density at radius 1 is 1.28 bits per heavy atom. The first kappa shape index (κ1) is 15.0.